The first-order valence-electron chi connectivity index (χ1n) is 8.10. The van der Waals surface area contributed by atoms with Gasteiger partial charge < -0.3 is 19.6 Å². The first-order valence-corrected chi connectivity index (χ1v) is 8.10. The van der Waals surface area contributed by atoms with Crippen molar-refractivity contribution in [2.45, 2.75) is 25.4 Å². The van der Waals surface area contributed by atoms with Crippen LogP contribution in [-0.2, 0) is 14.3 Å². The number of rotatable bonds is 3. The number of carboxylic acids is 1. The summed E-state index contributed by atoms with van der Waals surface area (Å²) in [6.07, 6.45) is 1.49. The van der Waals surface area contributed by atoms with Crippen LogP contribution in [0.15, 0.2) is 24.3 Å². The lowest BCUT2D eigenvalue weighted by Crippen LogP contribution is -2.48. The Bertz CT molecular complexity index is 643. The molecule has 128 valence electrons. The number of anilines is 1. The third-order valence-corrected chi connectivity index (χ3v) is 4.38. The zero-order chi connectivity index (χ0) is 17.1. The van der Waals surface area contributed by atoms with Crippen molar-refractivity contribution in [2.24, 2.45) is 0 Å². The predicted octanol–water partition coefficient (Wildman–Crippen LogP) is 1.13. The number of nitrogens with zero attached hydrogens (tertiary/aromatic N) is 2. The minimum atomic E-state index is -1.06. The highest BCUT2D eigenvalue weighted by molar-refractivity contribution is 5.97. The minimum Gasteiger partial charge on any atom is -0.479 e. The summed E-state index contributed by atoms with van der Waals surface area (Å²) in [5.41, 5.74) is 1.27. The summed E-state index contributed by atoms with van der Waals surface area (Å²) < 4.78 is 5.13. The van der Waals surface area contributed by atoms with Gasteiger partial charge in [-0.05, 0) is 37.1 Å². The molecule has 0 bridgehead atoms. The van der Waals surface area contributed by atoms with Crippen LogP contribution in [0, 0.1) is 0 Å². The van der Waals surface area contributed by atoms with Crippen molar-refractivity contribution in [2.75, 3.05) is 31.1 Å². The summed E-state index contributed by atoms with van der Waals surface area (Å²) in [6.45, 7) is 1.33. The molecule has 0 aromatic heterocycles. The number of carboxylic acid groups (broad SMARTS) is 1. The number of hydrogen-bond acceptors (Lipinski definition) is 4. The summed E-state index contributed by atoms with van der Waals surface area (Å²) in [6, 6.07) is 6.91. The molecule has 7 nitrogen and oxygen atoms in total. The van der Waals surface area contributed by atoms with Crippen LogP contribution in [0.25, 0.3) is 0 Å². The third-order valence-electron chi connectivity index (χ3n) is 4.38. The number of carbonyl (C=O) groups excluding carboxylic acids is 2. The lowest BCUT2D eigenvalue weighted by Gasteiger charge is -2.31. The molecule has 0 aliphatic carbocycles. The second kappa shape index (κ2) is 7.00. The number of hydrogen-bond donors (Lipinski definition) is 1. The summed E-state index contributed by atoms with van der Waals surface area (Å²) >= 11 is 0. The number of morpholine rings is 1. The fraction of sp³-hybridized carbons (Fsp3) is 0.471. The third kappa shape index (κ3) is 3.41. The number of benzene rings is 1. The molecule has 0 spiro atoms. The van der Waals surface area contributed by atoms with Gasteiger partial charge in [0.1, 0.15) is 0 Å². The molecule has 2 amide bonds. The molecule has 1 atom stereocenters. The van der Waals surface area contributed by atoms with E-state index >= 15 is 0 Å². The zero-order valence-corrected chi connectivity index (χ0v) is 13.3. The van der Waals surface area contributed by atoms with E-state index in [4.69, 9.17) is 9.84 Å². The smallest absolute Gasteiger partial charge is 0.334 e. The van der Waals surface area contributed by atoms with Crippen LogP contribution in [0.5, 0.6) is 0 Å². The molecule has 2 fully saturated rings. The first kappa shape index (κ1) is 16.4. The zero-order valence-electron chi connectivity index (χ0n) is 13.3. The van der Waals surface area contributed by atoms with Gasteiger partial charge in [-0.25, -0.2) is 4.79 Å². The van der Waals surface area contributed by atoms with Crippen molar-refractivity contribution in [3.05, 3.63) is 29.8 Å². The molecule has 7 heteroatoms. The van der Waals surface area contributed by atoms with Gasteiger partial charge in [0.2, 0.25) is 5.91 Å². The Morgan fingerprint density at radius 1 is 1.12 bits per heavy atom. The highest BCUT2D eigenvalue weighted by Crippen LogP contribution is 2.22. The van der Waals surface area contributed by atoms with Gasteiger partial charge in [-0.3, -0.25) is 9.59 Å². The molecule has 24 heavy (non-hydrogen) atoms. The van der Waals surface area contributed by atoms with E-state index in [0.717, 1.165) is 18.5 Å². The molecule has 1 aromatic rings. The van der Waals surface area contributed by atoms with E-state index in [9.17, 15) is 14.4 Å². The number of carbonyl (C=O) groups is 3. The average Bonchev–Trinajstić information content (AvgIpc) is 2.62. The van der Waals surface area contributed by atoms with Crippen molar-refractivity contribution in [1.82, 2.24) is 4.90 Å². The Balaban J connectivity index is 1.69. The van der Waals surface area contributed by atoms with Crippen molar-refractivity contribution in [1.29, 1.82) is 0 Å². The summed E-state index contributed by atoms with van der Waals surface area (Å²) in [5.74, 6) is -1.18. The van der Waals surface area contributed by atoms with E-state index in [1.165, 1.54) is 4.90 Å². The molecule has 2 saturated heterocycles. The Labute approximate surface area is 139 Å². The van der Waals surface area contributed by atoms with Crippen molar-refractivity contribution >= 4 is 23.5 Å². The van der Waals surface area contributed by atoms with Crippen LogP contribution >= 0.6 is 0 Å². The Hall–Kier alpha value is -2.41. The highest BCUT2D eigenvalue weighted by atomic mass is 16.5. The monoisotopic (exact) mass is 332 g/mol. The van der Waals surface area contributed by atoms with Crippen LogP contribution < -0.4 is 4.90 Å². The van der Waals surface area contributed by atoms with Crippen LogP contribution in [0.4, 0.5) is 5.69 Å². The lowest BCUT2D eigenvalue weighted by molar-refractivity contribution is -0.154. The van der Waals surface area contributed by atoms with E-state index < -0.39 is 12.1 Å². The van der Waals surface area contributed by atoms with Crippen LogP contribution in [0.3, 0.4) is 0 Å². The SMILES string of the molecule is O=C(O)[C@H]1CN(C(=O)c2ccc(N3CCCCC3=O)cc2)CCO1. The maximum Gasteiger partial charge on any atom is 0.334 e. The molecule has 0 radical (unpaired) electrons. The predicted molar refractivity (Wildman–Crippen MR) is 85.9 cm³/mol. The van der Waals surface area contributed by atoms with Crippen LogP contribution in [-0.4, -0.2) is 60.1 Å². The quantitative estimate of drug-likeness (QED) is 0.896. The molecule has 2 aliphatic heterocycles. The second-order valence-corrected chi connectivity index (χ2v) is 6.00. The van der Waals surface area contributed by atoms with Crippen LogP contribution in [0.1, 0.15) is 29.6 Å². The lowest BCUT2D eigenvalue weighted by atomic mass is 10.1. The molecule has 0 unspecified atom stereocenters. The summed E-state index contributed by atoms with van der Waals surface area (Å²) in [7, 11) is 0. The van der Waals surface area contributed by atoms with Gasteiger partial charge in [-0.2, -0.15) is 0 Å². The van der Waals surface area contributed by atoms with Gasteiger partial charge in [-0.1, -0.05) is 0 Å². The fourth-order valence-corrected chi connectivity index (χ4v) is 3.03. The topological polar surface area (TPSA) is 87.2 Å². The van der Waals surface area contributed by atoms with Gasteiger partial charge in [0.05, 0.1) is 13.2 Å². The van der Waals surface area contributed by atoms with Crippen molar-refractivity contribution in [3.8, 4) is 0 Å². The molecular formula is C17H20N2O5. The fourth-order valence-electron chi connectivity index (χ4n) is 3.03. The summed E-state index contributed by atoms with van der Waals surface area (Å²) in [5, 5.41) is 9.01. The number of piperidine rings is 1. The highest BCUT2D eigenvalue weighted by Gasteiger charge is 2.29. The second-order valence-electron chi connectivity index (χ2n) is 6.00. The number of amides is 2. The molecule has 2 heterocycles. The van der Waals surface area contributed by atoms with E-state index in [-0.39, 0.29) is 25.0 Å². The Morgan fingerprint density at radius 2 is 1.88 bits per heavy atom. The van der Waals surface area contributed by atoms with Gasteiger partial charge >= 0.3 is 5.97 Å². The van der Waals surface area contributed by atoms with Crippen molar-refractivity contribution < 1.29 is 24.2 Å². The average molecular weight is 332 g/mol. The van der Waals surface area contributed by atoms with Crippen LogP contribution in [0.2, 0.25) is 0 Å². The van der Waals surface area contributed by atoms with Crippen molar-refractivity contribution in [3.63, 3.8) is 0 Å². The number of ether oxygens (including phenoxy) is 1. The van der Waals surface area contributed by atoms with E-state index in [1.54, 1.807) is 29.2 Å². The van der Waals surface area contributed by atoms with Gasteiger partial charge in [0, 0.05) is 30.8 Å². The normalized spacial score (nSPS) is 21.7. The van der Waals surface area contributed by atoms with E-state index in [2.05, 4.69) is 0 Å². The van der Waals surface area contributed by atoms with E-state index in [1.807, 2.05) is 0 Å². The number of aliphatic carboxylic acids is 1. The Morgan fingerprint density at radius 3 is 2.54 bits per heavy atom. The van der Waals surface area contributed by atoms with E-state index in [0.29, 0.717) is 25.1 Å². The van der Waals surface area contributed by atoms with Gasteiger partial charge in [0.15, 0.2) is 6.10 Å². The molecular weight excluding hydrogens is 312 g/mol. The minimum absolute atomic E-state index is 0.0422. The molecule has 3 rings (SSSR count). The Kier molecular flexibility index (Phi) is 4.80. The first-order chi connectivity index (χ1) is 11.6. The molecule has 2 aliphatic rings. The standard InChI is InChI=1S/C17H20N2O5/c20-15-3-1-2-8-19(15)13-6-4-12(5-7-13)16(21)18-9-10-24-14(11-18)17(22)23/h4-7,14H,1-3,8-11H2,(H,22,23)/t14-/m1/s1. The molecule has 1 aromatic carbocycles. The summed E-state index contributed by atoms with van der Waals surface area (Å²) in [4.78, 5) is 38.7. The molecule has 0 saturated carbocycles. The maximum absolute atomic E-state index is 12.5. The maximum atomic E-state index is 12.5. The van der Waals surface area contributed by atoms with Gasteiger partial charge in [-0.15, -0.1) is 0 Å². The largest absolute Gasteiger partial charge is 0.479 e. The van der Waals surface area contributed by atoms with Gasteiger partial charge in [0.25, 0.3) is 5.91 Å². The molecule has 1 N–H and O–H groups in total.